The molecule has 0 fully saturated rings. The van der Waals surface area contributed by atoms with E-state index in [0.29, 0.717) is 12.1 Å². The monoisotopic (exact) mass is 294 g/mol. The van der Waals surface area contributed by atoms with Gasteiger partial charge in [-0.3, -0.25) is 4.68 Å². The maximum atomic E-state index is 11.7. The first-order valence-corrected chi connectivity index (χ1v) is 7.80. The van der Waals surface area contributed by atoms with Gasteiger partial charge in [-0.15, -0.1) is 0 Å². The third-order valence-electron chi connectivity index (χ3n) is 2.63. The topological polar surface area (TPSA) is 78.3 Å². The van der Waals surface area contributed by atoms with Crippen LogP contribution in [-0.4, -0.2) is 37.0 Å². The zero-order chi connectivity index (χ0) is 14.6. The number of aromatic nitrogens is 2. The maximum absolute atomic E-state index is 11.7. The molecule has 0 saturated heterocycles. The van der Waals surface area contributed by atoms with Crippen LogP contribution in [-0.2, 0) is 21.1 Å². The number of hydrogen-bond acceptors (Lipinski definition) is 5. The van der Waals surface area contributed by atoms with Crippen LogP contribution in [0.1, 0.15) is 10.4 Å². The summed E-state index contributed by atoms with van der Waals surface area (Å²) in [5.74, 6) is -0.489. The van der Waals surface area contributed by atoms with Gasteiger partial charge in [0.2, 0.25) is 0 Å². The molecule has 0 saturated carbocycles. The number of nitrogens with zero attached hydrogens (tertiary/aromatic N) is 2. The van der Waals surface area contributed by atoms with Crippen molar-refractivity contribution in [3.05, 3.63) is 48.3 Å². The highest BCUT2D eigenvalue weighted by molar-refractivity contribution is 7.90. The molecule has 1 heterocycles. The van der Waals surface area contributed by atoms with Gasteiger partial charge >= 0.3 is 5.97 Å². The molecule has 0 aliphatic rings. The fourth-order valence-corrected chi connectivity index (χ4v) is 2.22. The average molecular weight is 294 g/mol. The van der Waals surface area contributed by atoms with Crippen molar-refractivity contribution in [1.82, 2.24) is 9.78 Å². The molecule has 0 aliphatic heterocycles. The zero-order valence-corrected chi connectivity index (χ0v) is 11.7. The van der Waals surface area contributed by atoms with E-state index in [9.17, 15) is 13.2 Å². The van der Waals surface area contributed by atoms with Crippen molar-refractivity contribution in [3.63, 3.8) is 0 Å². The van der Waals surface area contributed by atoms with E-state index in [4.69, 9.17) is 4.74 Å². The normalized spacial score (nSPS) is 11.2. The quantitative estimate of drug-likeness (QED) is 0.773. The molecule has 0 radical (unpaired) electrons. The largest absolute Gasteiger partial charge is 0.460 e. The summed E-state index contributed by atoms with van der Waals surface area (Å²) in [6.07, 6.45) is 4.53. The van der Waals surface area contributed by atoms with Crippen LogP contribution >= 0.6 is 0 Å². The van der Waals surface area contributed by atoms with E-state index in [-0.39, 0.29) is 11.5 Å². The van der Waals surface area contributed by atoms with Gasteiger partial charge < -0.3 is 4.74 Å². The van der Waals surface area contributed by atoms with Crippen LogP contribution < -0.4 is 0 Å². The Kier molecular flexibility index (Phi) is 4.19. The van der Waals surface area contributed by atoms with Gasteiger partial charge in [0.15, 0.2) is 9.84 Å². The Labute approximate surface area is 116 Å². The predicted molar refractivity (Wildman–Crippen MR) is 72.1 cm³/mol. The summed E-state index contributed by atoms with van der Waals surface area (Å²) in [6, 6.07) is 7.43. The van der Waals surface area contributed by atoms with Crippen LogP contribution in [0, 0.1) is 0 Å². The van der Waals surface area contributed by atoms with Crippen molar-refractivity contribution in [1.29, 1.82) is 0 Å². The number of hydrogen-bond donors (Lipinski definition) is 0. The molecule has 2 rings (SSSR count). The average Bonchev–Trinajstić information content (AvgIpc) is 2.91. The van der Waals surface area contributed by atoms with E-state index in [2.05, 4.69) is 5.10 Å². The highest BCUT2D eigenvalue weighted by atomic mass is 32.2. The summed E-state index contributed by atoms with van der Waals surface area (Å²) in [6.45, 7) is 0.675. The number of rotatable bonds is 5. The first-order chi connectivity index (χ1) is 9.47. The molecule has 0 N–H and O–H groups in total. The van der Waals surface area contributed by atoms with E-state index >= 15 is 0 Å². The molecule has 0 atom stereocenters. The van der Waals surface area contributed by atoms with Crippen molar-refractivity contribution >= 4 is 15.8 Å². The lowest BCUT2D eigenvalue weighted by atomic mass is 10.2. The first-order valence-electron chi connectivity index (χ1n) is 5.91. The number of carbonyl (C=O) groups is 1. The van der Waals surface area contributed by atoms with Gasteiger partial charge in [-0.2, -0.15) is 5.10 Å². The van der Waals surface area contributed by atoms with E-state index in [1.807, 2.05) is 0 Å². The molecule has 1 aromatic heterocycles. The Bertz CT molecular complexity index is 676. The van der Waals surface area contributed by atoms with Gasteiger partial charge in [-0.05, 0) is 30.3 Å². The summed E-state index contributed by atoms with van der Waals surface area (Å²) >= 11 is 0. The van der Waals surface area contributed by atoms with Crippen LogP contribution in [0.2, 0.25) is 0 Å². The maximum Gasteiger partial charge on any atom is 0.338 e. The Morgan fingerprint density at radius 1 is 1.30 bits per heavy atom. The Balaban J connectivity index is 1.92. The van der Waals surface area contributed by atoms with Gasteiger partial charge in [0.1, 0.15) is 6.61 Å². The molecule has 7 heteroatoms. The Morgan fingerprint density at radius 3 is 2.55 bits per heavy atom. The van der Waals surface area contributed by atoms with Crippen LogP contribution in [0.15, 0.2) is 47.6 Å². The molecule has 0 bridgehead atoms. The summed E-state index contributed by atoms with van der Waals surface area (Å²) in [7, 11) is -3.26. The third-order valence-corrected chi connectivity index (χ3v) is 3.76. The molecule has 6 nitrogen and oxygen atoms in total. The second-order valence-electron chi connectivity index (χ2n) is 4.20. The number of carbonyl (C=O) groups excluding carboxylic acids is 1. The predicted octanol–water partition coefficient (Wildman–Crippen LogP) is 1.14. The molecule has 0 amide bonds. The summed E-state index contributed by atoms with van der Waals surface area (Å²) < 4.78 is 29.3. The number of esters is 1. The SMILES string of the molecule is CS(=O)(=O)c1ccc(C(=O)OCCn2cccn2)cc1. The minimum absolute atomic E-state index is 0.172. The van der Waals surface area contributed by atoms with Gasteiger partial charge in [-0.25, -0.2) is 13.2 Å². The molecule has 20 heavy (non-hydrogen) atoms. The van der Waals surface area contributed by atoms with Crippen LogP contribution in [0.25, 0.3) is 0 Å². The number of benzene rings is 1. The van der Waals surface area contributed by atoms with Gasteiger partial charge in [0, 0.05) is 18.6 Å². The van der Waals surface area contributed by atoms with Crippen molar-refractivity contribution < 1.29 is 17.9 Å². The lowest BCUT2D eigenvalue weighted by molar-refractivity contribution is 0.0487. The van der Waals surface area contributed by atoms with Crippen molar-refractivity contribution in [2.75, 3.05) is 12.9 Å². The Hall–Kier alpha value is -2.15. The first kappa shape index (κ1) is 14.3. The molecule has 0 spiro atoms. The second kappa shape index (κ2) is 5.87. The molecule has 106 valence electrons. The molecular formula is C13H14N2O4S. The van der Waals surface area contributed by atoms with Crippen LogP contribution in [0.3, 0.4) is 0 Å². The van der Waals surface area contributed by atoms with E-state index in [0.717, 1.165) is 6.26 Å². The van der Waals surface area contributed by atoms with Crippen molar-refractivity contribution in [2.45, 2.75) is 11.4 Å². The standard InChI is InChI=1S/C13H14N2O4S/c1-20(17,18)12-5-3-11(4-6-12)13(16)19-10-9-15-8-2-7-14-15/h2-8H,9-10H2,1H3. The van der Waals surface area contributed by atoms with E-state index in [1.54, 1.807) is 23.1 Å². The minimum atomic E-state index is -3.26. The fourth-order valence-electron chi connectivity index (χ4n) is 1.59. The number of ether oxygens (including phenoxy) is 1. The molecule has 2 aromatic rings. The highest BCUT2D eigenvalue weighted by Crippen LogP contribution is 2.11. The fraction of sp³-hybridized carbons (Fsp3) is 0.231. The summed E-state index contributed by atoms with van der Waals surface area (Å²) in [5.41, 5.74) is 0.317. The summed E-state index contributed by atoms with van der Waals surface area (Å²) in [4.78, 5) is 11.9. The van der Waals surface area contributed by atoms with Crippen molar-refractivity contribution in [2.24, 2.45) is 0 Å². The van der Waals surface area contributed by atoms with Gasteiger partial charge in [0.05, 0.1) is 17.0 Å². The minimum Gasteiger partial charge on any atom is -0.460 e. The number of sulfone groups is 1. The van der Waals surface area contributed by atoms with Crippen molar-refractivity contribution in [3.8, 4) is 0 Å². The second-order valence-corrected chi connectivity index (χ2v) is 6.22. The molecule has 0 unspecified atom stereocenters. The van der Waals surface area contributed by atoms with E-state index < -0.39 is 15.8 Å². The Morgan fingerprint density at radius 2 is 2.00 bits per heavy atom. The smallest absolute Gasteiger partial charge is 0.338 e. The molecular weight excluding hydrogens is 280 g/mol. The highest BCUT2D eigenvalue weighted by Gasteiger charge is 2.10. The molecule has 1 aromatic carbocycles. The lowest BCUT2D eigenvalue weighted by Gasteiger charge is -2.05. The third kappa shape index (κ3) is 3.67. The zero-order valence-electron chi connectivity index (χ0n) is 10.9. The van der Waals surface area contributed by atoms with Gasteiger partial charge in [0.25, 0.3) is 0 Å². The van der Waals surface area contributed by atoms with E-state index in [1.165, 1.54) is 24.3 Å². The van der Waals surface area contributed by atoms with Crippen LogP contribution in [0.4, 0.5) is 0 Å². The lowest BCUT2D eigenvalue weighted by Crippen LogP contribution is -2.12. The molecule has 0 aliphatic carbocycles. The van der Waals surface area contributed by atoms with Crippen LogP contribution in [0.5, 0.6) is 0 Å². The van der Waals surface area contributed by atoms with Gasteiger partial charge in [-0.1, -0.05) is 0 Å². The summed E-state index contributed by atoms with van der Waals surface area (Å²) in [5, 5.41) is 3.98.